The van der Waals surface area contributed by atoms with Crippen molar-refractivity contribution in [1.29, 1.82) is 0 Å². The van der Waals surface area contributed by atoms with Crippen LogP contribution in [0.4, 0.5) is 11.4 Å². The first-order valence-electron chi connectivity index (χ1n) is 15.0. The smallest absolute Gasteiger partial charge is 0.317 e. The van der Waals surface area contributed by atoms with Crippen LogP contribution in [0.3, 0.4) is 0 Å². The number of phenols is 1. The Morgan fingerprint density at radius 2 is 1.72 bits per heavy atom. The van der Waals surface area contributed by atoms with Crippen LogP contribution in [0.25, 0.3) is 5.69 Å². The minimum atomic E-state index is -0.844. The number of likely N-dealkylation sites (tertiary alicyclic amines) is 1. The summed E-state index contributed by atoms with van der Waals surface area (Å²) in [6.07, 6.45) is 3.87. The molecule has 2 aliphatic rings. The van der Waals surface area contributed by atoms with Crippen LogP contribution < -0.4 is 5.56 Å². The number of azo groups is 1. The summed E-state index contributed by atoms with van der Waals surface area (Å²) in [5.74, 6) is -1.06. The van der Waals surface area contributed by atoms with Gasteiger partial charge >= 0.3 is 5.97 Å². The normalized spacial score (nSPS) is 16.4. The van der Waals surface area contributed by atoms with Gasteiger partial charge in [-0.25, -0.2) is 4.57 Å². The molecule has 5 rings (SSSR count). The average molecular weight is 588 g/mol. The van der Waals surface area contributed by atoms with Crippen LogP contribution in [-0.2, 0) is 11.3 Å². The first-order chi connectivity index (χ1) is 20.6. The molecule has 0 atom stereocenters. The summed E-state index contributed by atoms with van der Waals surface area (Å²) in [6.45, 7) is 11.0. The Bertz CT molecular complexity index is 1600. The largest absolute Gasteiger partial charge is 0.505 e. The molecule has 2 heterocycles. The summed E-state index contributed by atoms with van der Waals surface area (Å²) in [7, 11) is 0. The zero-order valence-corrected chi connectivity index (χ0v) is 25.4. The van der Waals surface area contributed by atoms with Crippen molar-refractivity contribution in [2.24, 2.45) is 10.2 Å². The molecule has 2 fully saturated rings. The van der Waals surface area contributed by atoms with Crippen molar-refractivity contribution in [1.82, 2.24) is 14.4 Å². The fourth-order valence-electron chi connectivity index (χ4n) is 6.10. The van der Waals surface area contributed by atoms with Crippen LogP contribution in [0.15, 0.2) is 51.4 Å². The summed E-state index contributed by atoms with van der Waals surface area (Å²) >= 11 is 0. The molecule has 0 bridgehead atoms. The van der Waals surface area contributed by atoms with Crippen LogP contribution in [0.2, 0.25) is 0 Å². The maximum absolute atomic E-state index is 13.2. The van der Waals surface area contributed by atoms with Gasteiger partial charge in [0.15, 0.2) is 0 Å². The number of nitrogens with zero attached hydrogens (tertiary/aromatic N) is 5. The van der Waals surface area contributed by atoms with E-state index in [1.165, 1.54) is 29.0 Å². The predicted octanol–water partition coefficient (Wildman–Crippen LogP) is 5.84. The summed E-state index contributed by atoms with van der Waals surface area (Å²) in [6, 6.07) is 11.2. The van der Waals surface area contributed by atoms with E-state index in [1.54, 1.807) is 19.1 Å². The number of carboxylic acid groups (broad SMARTS) is 1. The predicted molar refractivity (Wildman–Crippen MR) is 165 cm³/mol. The number of aromatic nitrogens is 1. The molecule has 1 aromatic heterocycles. The molecule has 10 heteroatoms. The third kappa shape index (κ3) is 6.65. The molecule has 0 unspecified atom stereocenters. The van der Waals surface area contributed by atoms with Gasteiger partial charge in [0.05, 0.1) is 12.2 Å². The van der Waals surface area contributed by atoms with Crippen molar-refractivity contribution >= 4 is 17.3 Å². The van der Waals surface area contributed by atoms with Crippen molar-refractivity contribution in [3.63, 3.8) is 0 Å². The number of pyridine rings is 1. The number of aromatic hydroxyl groups is 2. The van der Waals surface area contributed by atoms with E-state index in [0.717, 1.165) is 42.6 Å². The Kier molecular flexibility index (Phi) is 8.98. The number of phenolic OH excluding ortho intramolecular Hbond substituents is 1. The fraction of sp³-hybridized carbons (Fsp3) is 0.455. The standard InChI is InChI=1S/C33H41N5O5/c1-5-37(25-9-10-25)18-24-17-26(15-20(2)22(24)4)38-29(39)16-21(3)31(33(38)43)35-34-28-8-6-7-27(32(28)42)23-11-13-36(14-12-23)19-30(40)41/h6-8,15-17,23,25,42-43H,5,9-14,18-19H2,1-4H3,(H,40,41). The Labute approximate surface area is 251 Å². The highest BCUT2D eigenvalue weighted by atomic mass is 16.4. The van der Waals surface area contributed by atoms with Crippen LogP contribution in [0.1, 0.15) is 66.3 Å². The summed E-state index contributed by atoms with van der Waals surface area (Å²) in [4.78, 5) is 28.6. The lowest BCUT2D eigenvalue weighted by molar-refractivity contribution is -0.138. The minimum absolute atomic E-state index is 0.0130. The molecular weight excluding hydrogens is 546 g/mol. The van der Waals surface area contributed by atoms with Crippen LogP contribution in [0, 0.1) is 20.8 Å². The van der Waals surface area contributed by atoms with Crippen molar-refractivity contribution in [3.8, 4) is 17.3 Å². The molecule has 3 aromatic rings. The Balaban J connectivity index is 1.44. The molecule has 0 radical (unpaired) electrons. The van der Waals surface area contributed by atoms with Crippen LogP contribution in [-0.4, -0.2) is 67.9 Å². The van der Waals surface area contributed by atoms with Crippen molar-refractivity contribution in [2.75, 3.05) is 26.2 Å². The van der Waals surface area contributed by atoms with Gasteiger partial charge in [0.1, 0.15) is 17.1 Å². The van der Waals surface area contributed by atoms with E-state index in [2.05, 4.69) is 29.0 Å². The number of carbonyl (C=O) groups is 1. The minimum Gasteiger partial charge on any atom is -0.505 e. The number of benzene rings is 2. The maximum Gasteiger partial charge on any atom is 0.317 e. The summed E-state index contributed by atoms with van der Waals surface area (Å²) < 4.78 is 1.27. The van der Waals surface area contributed by atoms with Crippen LogP contribution in [0.5, 0.6) is 11.6 Å². The quantitative estimate of drug-likeness (QED) is 0.254. The third-order valence-corrected chi connectivity index (χ3v) is 8.91. The molecule has 43 heavy (non-hydrogen) atoms. The molecular formula is C33H41N5O5. The zero-order valence-electron chi connectivity index (χ0n) is 25.4. The number of aliphatic carboxylic acids is 1. The number of rotatable bonds is 10. The molecule has 0 spiro atoms. The second-order valence-electron chi connectivity index (χ2n) is 11.9. The number of para-hydroxylation sites is 1. The lowest BCUT2D eigenvalue weighted by Gasteiger charge is -2.31. The molecule has 1 aliphatic heterocycles. The molecule has 1 saturated carbocycles. The van der Waals surface area contributed by atoms with Gasteiger partial charge < -0.3 is 15.3 Å². The first-order valence-corrected chi connectivity index (χ1v) is 15.0. The first kappa shape index (κ1) is 30.4. The highest BCUT2D eigenvalue weighted by Gasteiger charge is 2.28. The number of hydrogen-bond donors (Lipinski definition) is 3. The molecule has 1 aliphatic carbocycles. The van der Waals surface area contributed by atoms with E-state index < -0.39 is 5.97 Å². The molecule has 0 amide bonds. The highest BCUT2D eigenvalue weighted by molar-refractivity contribution is 5.69. The van der Waals surface area contributed by atoms with Gasteiger partial charge in [0, 0.05) is 18.7 Å². The van der Waals surface area contributed by atoms with Gasteiger partial charge in [-0.2, -0.15) is 0 Å². The molecule has 2 aromatic carbocycles. The van der Waals surface area contributed by atoms with Gasteiger partial charge in [0.2, 0.25) is 5.88 Å². The van der Waals surface area contributed by atoms with E-state index >= 15 is 0 Å². The topological polar surface area (TPSA) is 131 Å². The number of aryl methyl sites for hydroxylation is 2. The monoisotopic (exact) mass is 587 g/mol. The number of hydrogen-bond acceptors (Lipinski definition) is 8. The molecule has 10 nitrogen and oxygen atoms in total. The second-order valence-corrected chi connectivity index (χ2v) is 11.9. The van der Waals surface area contributed by atoms with Crippen LogP contribution >= 0.6 is 0 Å². The average Bonchev–Trinajstić information content (AvgIpc) is 3.80. The Morgan fingerprint density at radius 3 is 2.37 bits per heavy atom. The van der Waals surface area contributed by atoms with E-state index in [1.807, 2.05) is 30.0 Å². The lowest BCUT2D eigenvalue weighted by Crippen LogP contribution is -2.36. The van der Waals surface area contributed by atoms with E-state index in [9.17, 15) is 19.8 Å². The van der Waals surface area contributed by atoms with Crippen molar-refractivity contribution in [3.05, 3.63) is 74.6 Å². The van der Waals surface area contributed by atoms with E-state index in [0.29, 0.717) is 30.4 Å². The van der Waals surface area contributed by atoms with Gasteiger partial charge in [-0.05, 0) is 118 Å². The summed E-state index contributed by atoms with van der Waals surface area (Å²) in [5, 5.41) is 40.1. The Hall–Kier alpha value is -4.02. The van der Waals surface area contributed by atoms with E-state index in [4.69, 9.17) is 5.11 Å². The number of piperidine rings is 1. The highest BCUT2D eigenvalue weighted by Crippen LogP contribution is 2.41. The third-order valence-electron chi connectivity index (χ3n) is 8.91. The zero-order chi connectivity index (χ0) is 30.8. The van der Waals surface area contributed by atoms with Crippen molar-refractivity contribution < 1.29 is 20.1 Å². The number of carboxylic acids is 1. The maximum atomic E-state index is 13.2. The molecule has 1 saturated heterocycles. The SMILES string of the molecule is CCN(Cc1cc(-n2c(O)c(N=Nc3cccc(C4CCN(CC(=O)O)CC4)c3O)c(C)cc2=O)cc(C)c1C)C1CC1. The van der Waals surface area contributed by atoms with Gasteiger partial charge in [0.25, 0.3) is 5.56 Å². The molecule has 228 valence electrons. The van der Waals surface area contributed by atoms with Crippen molar-refractivity contribution in [2.45, 2.75) is 71.9 Å². The van der Waals surface area contributed by atoms with E-state index in [-0.39, 0.29) is 41.0 Å². The lowest BCUT2D eigenvalue weighted by atomic mass is 9.88. The fourth-order valence-corrected chi connectivity index (χ4v) is 6.10. The van der Waals surface area contributed by atoms with Gasteiger partial charge in [-0.1, -0.05) is 19.1 Å². The molecule has 3 N–H and O–H groups in total. The van der Waals surface area contributed by atoms with Gasteiger partial charge in [-0.3, -0.25) is 19.4 Å². The second kappa shape index (κ2) is 12.7. The van der Waals surface area contributed by atoms with Gasteiger partial charge in [-0.15, -0.1) is 10.2 Å². The Morgan fingerprint density at radius 1 is 1.00 bits per heavy atom. The summed E-state index contributed by atoms with van der Waals surface area (Å²) in [5.41, 5.74) is 5.16.